The molecular weight excluding hydrogens is 268 g/mol. The summed E-state index contributed by atoms with van der Waals surface area (Å²) in [5, 5.41) is 9.39. The minimum Gasteiger partial charge on any atom is -0.508 e. The molecule has 1 nitrogen and oxygen atoms in total. The van der Waals surface area contributed by atoms with Gasteiger partial charge in [0.15, 0.2) is 0 Å². The van der Waals surface area contributed by atoms with Crippen molar-refractivity contribution < 1.29 is 5.11 Å². The van der Waals surface area contributed by atoms with E-state index in [0.717, 1.165) is 12.8 Å². The van der Waals surface area contributed by atoms with Crippen molar-refractivity contribution in [1.29, 1.82) is 0 Å². The van der Waals surface area contributed by atoms with Gasteiger partial charge in [-0.3, -0.25) is 0 Å². The van der Waals surface area contributed by atoms with E-state index in [1.165, 1.54) is 56.9 Å². The van der Waals surface area contributed by atoms with Crippen molar-refractivity contribution >= 4 is 0 Å². The Morgan fingerprint density at radius 2 is 1.45 bits per heavy atom. The highest BCUT2D eigenvalue weighted by Crippen LogP contribution is 2.13. The summed E-state index contributed by atoms with van der Waals surface area (Å²) in [7, 11) is 0. The summed E-state index contributed by atoms with van der Waals surface area (Å²) in [6, 6.07) is 7.55. The number of phenolic OH excluding ortho intramolecular Hbond substituents is 1. The third kappa shape index (κ3) is 10.3. The van der Waals surface area contributed by atoms with Gasteiger partial charge in [0.25, 0.3) is 0 Å². The van der Waals surface area contributed by atoms with E-state index in [1.54, 1.807) is 6.07 Å². The molecule has 0 fully saturated rings. The number of hydrogen-bond donors (Lipinski definition) is 1. The standard InChI is InChI=1S/C21H32O/c1-2-3-4-5-6-7-8-9-10-11-12-13-14-16-20-17-15-18-21(22)19-20/h4-5,12-13,15,17-19,22H,2-3,6-11,14,16H2,1H3/b5-4+,13-12+. The fourth-order valence-electron chi connectivity index (χ4n) is 2.48. The van der Waals surface area contributed by atoms with Crippen LogP contribution >= 0.6 is 0 Å². The van der Waals surface area contributed by atoms with E-state index in [2.05, 4.69) is 37.3 Å². The lowest BCUT2D eigenvalue weighted by Crippen LogP contribution is -1.82. The molecule has 0 aromatic heterocycles. The van der Waals surface area contributed by atoms with Gasteiger partial charge < -0.3 is 5.11 Å². The molecule has 0 saturated carbocycles. The first-order chi connectivity index (χ1) is 10.8. The van der Waals surface area contributed by atoms with E-state index in [4.69, 9.17) is 0 Å². The molecule has 1 aromatic carbocycles. The quantitative estimate of drug-likeness (QED) is 0.341. The van der Waals surface area contributed by atoms with Gasteiger partial charge in [-0.25, -0.2) is 0 Å². The van der Waals surface area contributed by atoms with Crippen molar-refractivity contribution in [3.63, 3.8) is 0 Å². The largest absolute Gasteiger partial charge is 0.508 e. The van der Waals surface area contributed by atoms with Crippen molar-refractivity contribution in [2.45, 2.75) is 71.1 Å². The summed E-state index contributed by atoms with van der Waals surface area (Å²) in [5.41, 5.74) is 1.21. The molecule has 0 atom stereocenters. The topological polar surface area (TPSA) is 20.2 Å². The van der Waals surface area contributed by atoms with Crippen LogP contribution in [0.3, 0.4) is 0 Å². The molecule has 0 aliphatic heterocycles. The predicted octanol–water partition coefficient (Wildman–Crippen LogP) is 6.58. The van der Waals surface area contributed by atoms with Crippen molar-refractivity contribution in [1.82, 2.24) is 0 Å². The maximum absolute atomic E-state index is 9.39. The van der Waals surface area contributed by atoms with Gasteiger partial charge in [0.1, 0.15) is 5.75 Å². The summed E-state index contributed by atoms with van der Waals surface area (Å²) in [6.07, 6.45) is 21.6. The summed E-state index contributed by atoms with van der Waals surface area (Å²) in [4.78, 5) is 0. The third-order valence-electron chi connectivity index (χ3n) is 3.79. The van der Waals surface area contributed by atoms with Crippen LogP contribution in [0.25, 0.3) is 0 Å². The second kappa shape index (κ2) is 13.2. The van der Waals surface area contributed by atoms with Crippen molar-refractivity contribution in [3.05, 3.63) is 54.1 Å². The number of hydrogen-bond acceptors (Lipinski definition) is 1. The highest BCUT2D eigenvalue weighted by Gasteiger charge is 1.92. The molecule has 0 amide bonds. The first-order valence-electron chi connectivity index (χ1n) is 8.91. The molecule has 0 aliphatic carbocycles. The van der Waals surface area contributed by atoms with Crippen LogP contribution in [-0.2, 0) is 6.42 Å². The lowest BCUT2D eigenvalue weighted by molar-refractivity contribution is 0.474. The normalized spacial score (nSPS) is 11.7. The Kier molecular flexibility index (Phi) is 11.1. The van der Waals surface area contributed by atoms with Crippen LogP contribution in [0.2, 0.25) is 0 Å². The van der Waals surface area contributed by atoms with Crippen molar-refractivity contribution in [2.75, 3.05) is 0 Å². The van der Waals surface area contributed by atoms with Crippen LogP contribution in [0.1, 0.15) is 70.3 Å². The van der Waals surface area contributed by atoms with Crippen LogP contribution in [0, 0.1) is 0 Å². The molecular formula is C21H32O. The smallest absolute Gasteiger partial charge is 0.115 e. The molecule has 0 heterocycles. The highest BCUT2D eigenvalue weighted by molar-refractivity contribution is 5.27. The number of rotatable bonds is 12. The second-order valence-corrected chi connectivity index (χ2v) is 5.93. The molecule has 22 heavy (non-hydrogen) atoms. The van der Waals surface area contributed by atoms with Gasteiger partial charge >= 0.3 is 0 Å². The van der Waals surface area contributed by atoms with E-state index >= 15 is 0 Å². The number of phenols is 1. The fraction of sp³-hybridized carbons (Fsp3) is 0.524. The molecule has 1 aromatic rings. The van der Waals surface area contributed by atoms with Gasteiger partial charge in [-0.15, -0.1) is 0 Å². The van der Waals surface area contributed by atoms with E-state index in [-0.39, 0.29) is 0 Å². The van der Waals surface area contributed by atoms with Gasteiger partial charge in [-0.1, -0.05) is 62.6 Å². The van der Waals surface area contributed by atoms with Gasteiger partial charge in [0.2, 0.25) is 0 Å². The lowest BCUT2D eigenvalue weighted by atomic mass is 10.1. The Bertz CT molecular complexity index is 431. The van der Waals surface area contributed by atoms with Crippen LogP contribution in [0.15, 0.2) is 48.6 Å². The Morgan fingerprint density at radius 3 is 2.09 bits per heavy atom. The Morgan fingerprint density at radius 1 is 0.818 bits per heavy atom. The molecule has 0 aliphatic rings. The zero-order chi connectivity index (χ0) is 15.9. The first kappa shape index (κ1) is 18.5. The molecule has 122 valence electrons. The summed E-state index contributed by atoms with van der Waals surface area (Å²) < 4.78 is 0. The monoisotopic (exact) mass is 300 g/mol. The van der Waals surface area contributed by atoms with E-state index in [1.807, 2.05) is 12.1 Å². The highest BCUT2D eigenvalue weighted by atomic mass is 16.3. The van der Waals surface area contributed by atoms with E-state index < -0.39 is 0 Å². The Labute approximate surface area is 136 Å². The average Bonchev–Trinajstić information content (AvgIpc) is 2.52. The Balaban J connectivity index is 1.92. The van der Waals surface area contributed by atoms with Crippen molar-refractivity contribution in [2.24, 2.45) is 0 Å². The summed E-state index contributed by atoms with van der Waals surface area (Å²) >= 11 is 0. The zero-order valence-electron chi connectivity index (χ0n) is 14.1. The molecule has 0 spiro atoms. The summed E-state index contributed by atoms with van der Waals surface area (Å²) in [5.74, 6) is 0.367. The minimum absolute atomic E-state index is 0.367. The molecule has 1 rings (SSSR count). The number of aryl methyl sites for hydroxylation is 1. The minimum atomic E-state index is 0.367. The SMILES string of the molecule is CCC/C=C/CCCCCC/C=C/CCc1cccc(O)c1. The van der Waals surface area contributed by atoms with E-state index in [0.29, 0.717) is 5.75 Å². The van der Waals surface area contributed by atoms with Crippen LogP contribution < -0.4 is 0 Å². The Hall–Kier alpha value is -1.50. The first-order valence-corrected chi connectivity index (χ1v) is 8.91. The zero-order valence-corrected chi connectivity index (χ0v) is 14.1. The number of allylic oxidation sites excluding steroid dienone is 4. The molecule has 1 N–H and O–H groups in total. The van der Waals surface area contributed by atoms with Crippen LogP contribution in [-0.4, -0.2) is 5.11 Å². The van der Waals surface area contributed by atoms with Gasteiger partial charge in [-0.2, -0.15) is 0 Å². The molecule has 0 radical (unpaired) electrons. The van der Waals surface area contributed by atoms with Crippen LogP contribution in [0.4, 0.5) is 0 Å². The maximum atomic E-state index is 9.39. The van der Waals surface area contributed by atoms with Crippen molar-refractivity contribution in [3.8, 4) is 5.75 Å². The molecule has 1 heteroatoms. The fourth-order valence-corrected chi connectivity index (χ4v) is 2.48. The average molecular weight is 300 g/mol. The van der Waals surface area contributed by atoms with Gasteiger partial charge in [-0.05, 0) is 62.6 Å². The second-order valence-electron chi connectivity index (χ2n) is 5.93. The summed E-state index contributed by atoms with van der Waals surface area (Å²) in [6.45, 7) is 2.22. The molecule has 0 saturated heterocycles. The molecule has 0 unspecified atom stereocenters. The van der Waals surface area contributed by atoms with Gasteiger partial charge in [0.05, 0.1) is 0 Å². The molecule has 0 bridgehead atoms. The van der Waals surface area contributed by atoms with Crippen LogP contribution in [0.5, 0.6) is 5.75 Å². The number of benzene rings is 1. The predicted molar refractivity (Wildman–Crippen MR) is 97.3 cm³/mol. The van der Waals surface area contributed by atoms with Gasteiger partial charge in [0, 0.05) is 0 Å². The maximum Gasteiger partial charge on any atom is 0.115 e. The van der Waals surface area contributed by atoms with E-state index in [9.17, 15) is 5.11 Å². The number of aromatic hydroxyl groups is 1. The third-order valence-corrected chi connectivity index (χ3v) is 3.79. The lowest BCUT2D eigenvalue weighted by Gasteiger charge is -1.99. The number of unbranched alkanes of at least 4 members (excludes halogenated alkanes) is 6.